The quantitative estimate of drug-likeness (QED) is 0.800. The molecule has 1 aromatic carbocycles. The van der Waals surface area contributed by atoms with E-state index in [1.165, 1.54) is 0 Å². The molecule has 0 atom stereocenters. The van der Waals surface area contributed by atoms with Crippen molar-refractivity contribution in [2.45, 2.75) is 18.9 Å². The van der Waals surface area contributed by atoms with Crippen LogP contribution >= 0.6 is 0 Å². The van der Waals surface area contributed by atoms with Crippen LogP contribution in [0, 0.1) is 6.92 Å². The second kappa shape index (κ2) is 4.23. The monoisotopic (exact) mass is 220 g/mol. The highest BCUT2D eigenvalue weighted by Crippen LogP contribution is 2.19. The zero-order valence-corrected chi connectivity index (χ0v) is 9.32. The molecule has 86 valence electrons. The van der Waals surface area contributed by atoms with Gasteiger partial charge >= 0.3 is 0 Å². The topological polar surface area (TPSA) is 64.4 Å². The number of para-hydroxylation sites is 1. The molecule has 0 bridgehead atoms. The van der Waals surface area contributed by atoms with Crippen molar-refractivity contribution in [3.8, 4) is 0 Å². The fourth-order valence-electron chi connectivity index (χ4n) is 1.69. The lowest BCUT2D eigenvalue weighted by Crippen LogP contribution is -2.58. The summed E-state index contributed by atoms with van der Waals surface area (Å²) in [6.45, 7) is 2.89. The van der Waals surface area contributed by atoms with Gasteiger partial charge in [-0.2, -0.15) is 0 Å². The SMILES string of the molecule is Cc1ccccc1NC(=O)CC1(N)COC1. The molecule has 1 fully saturated rings. The number of anilines is 1. The van der Waals surface area contributed by atoms with Crippen molar-refractivity contribution in [3.05, 3.63) is 29.8 Å². The molecule has 2 rings (SSSR count). The van der Waals surface area contributed by atoms with Crippen molar-refractivity contribution in [2.75, 3.05) is 18.5 Å². The summed E-state index contributed by atoms with van der Waals surface area (Å²) in [6.07, 6.45) is 0.307. The summed E-state index contributed by atoms with van der Waals surface area (Å²) in [5.41, 5.74) is 7.34. The third-order valence-electron chi connectivity index (χ3n) is 2.71. The van der Waals surface area contributed by atoms with E-state index in [4.69, 9.17) is 10.5 Å². The zero-order chi connectivity index (χ0) is 11.6. The number of hydrogen-bond donors (Lipinski definition) is 2. The molecule has 3 N–H and O–H groups in total. The van der Waals surface area contributed by atoms with Crippen LogP contribution in [0.3, 0.4) is 0 Å². The summed E-state index contributed by atoms with van der Waals surface area (Å²) >= 11 is 0. The standard InChI is InChI=1S/C12H16N2O2/c1-9-4-2-3-5-10(9)14-11(15)6-12(13)7-16-8-12/h2-5H,6-8,13H2,1H3,(H,14,15). The van der Waals surface area contributed by atoms with Gasteiger partial charge in [0.05, 0.1) is 18.8 Å². The van der Waals surface area contributed by atoms with Crippen molar-refractivity contribution >= 4 is 11.6 Å². The van der Waals surface area contributed by atoms with Crippen molar-refractivity contribution in [1.82, 2.24) is 0 Å². The molecular weight excluding hydrogens is 204 g/mol. The van der Waals surface area contributed by atoms with Crippen LogP contribution in [-0.4, -0.2) is 24.7 Å². The first-order valence-corrected chi connectivity index (χ1v) is 5.31. The van der Waals surface area contributed by atoms with Crippen LogP contribution in [0.4, 0.5) is 5.69 Å². The minimum Gasteiger partial charge on any atom is -0.377 e. The van der Waals surface area contributed by atoms with Crippen LogP contribution in [0.25, 0.3) is 0 Å². The van der Waals surface area contributed by atoms with Gasteiger partial charge in [-0.25, -0.2) is 0 Å². The Hall–Kier alpha value is -1.39. The van der Waals surface area contributed by atoms with Gasteiger partial charge in [0.2, 0.25) is 5.91 Å². The van der Waals surface area contributed by atoms with E-state index in [2.05, 4.69) is 5.32 Å². The van der Waals surface area contributed by atoms with Gasteiger partial charge in [0.1, 0.15) is 0 Å². The van der Waals surface area contributed by atoms with E-state index in [0.717, 1.165) is 11.3 Å². The van der Waals surface area contributed by atoms with E-state index in [1.54, 1.807) is 0 Å². The first kappa shape index (κ1) is 11.1. The maximum atomic E-state index is 11.7. The van der Waals surface area contributed by atoms with E-state index in [-0.39, 0.29) is 5.91 Å². The van der Waals surface area contributed by atoms with Crippen LogP contribution in [0.1, 0.15) is 12.0 Å². The van der Waals surface area contributed by atoms with Gasteiger partial charge < -0.3 is 15.8 Å². The number of nitrogens with one attached hydrogen (secondary N) is 1. The number of ether oxygens (including phenoxy) is 1. The number of nitrogens with two attached hydrogens (primary N) is 1. The normalized spacial score (nSPS) is 17.6. The number of carbonyl (C=O) groups excluding carboxylic acids is 1. The first-order valence-electron chi connectivity index (χ1n) is 5.31. The van der Waals surface area contributed by atoms with Crippen LogP contribution < -0.4 is 11.1 Å². The van der Waals surface area contributed by atoms with Crippen LogP contribution in [0.2, 0.25) is 0 Å². The molecule has 0 aliphatic carbocycles. The molecule has 0 aromatic heterocycles. The molecule has 0 radical (unpaired) electrons. The molecule has 0 saturated carbocycles. The fraction of sp³-hybridized carbons (Fsp3) is 0.417. The van der Waals surface area contributed by atoms with Gasteiger partial charge in [0, 0.05) is 12.1 Å². The summed E-state index contributed by atoms with van der Waals surface area (Å²) < 4.78 is 5.01. The van der Waals surface area contributed by atoms with E-state index in [9.17, 15) is 4.79 Å². The highest BCUT2D eigenvalue weighted by molar-refractivity contribution is 5.92. The number of benzene rings is 1. The van der Waals surface area contributed by atoms with Gasteiger partial charge in [-0.15, -0.1) is 0 Å². The van der Waals surface area contributed by atoms with E-state index >= 15 is 0 Å². The summed E-state index contributed by atoms with van der Waals surface area (Å²) in [4.78, 5) is 11.7. The highest BCUT2D eigenvalue weighted by Gasteiger charge is 2.36. The predicted molar refractivity (Wildman–Crippen MR) is 62.2 cm³/mol. The Bertz CT molecular complexity index is 400. The van der Waals surface area contributed by atoms with E-state index in [0.29, 0.717) is 19.6 Å². The maximum absolute atomic E-state index is 11.7. The lowest BCUT2D eigenvalue weighted by Gasteiger charge is -2.37. The number of carbonyl (C=O) groups is 1. The molecule has 4 nitrogen and oxygen atoms in total. The van der Waals surface area contributed by atoms with Gasteiger partial charge in [-0.05, 0) is 18.6 Å². The largest absolute Gasteiger partial charge is 0.377 e. The Morgan fingerprint density at radius 1 is 1.50 bits per heavy atom. The Kier molecular flexibility index (Phi) is 2.94. The molecule has 0 spiro atoms. The minimum absolute atomic E-state index is 0.0555. The zero-order valence-electron chi connectivity index (χ0n) is 9.32. The van der Waals surface area contributed by atoms with E-state index < -0.39 is 5.54 Å². The molecule has 1 aliphatic rings. The molecule has 1 saturated heterocycles. The summed E-state index contributed by atoms with van der Waals surface area (Å²) in [5, 5.41) is 2.86. The van der Waals surface area contributed by atoms with Crippen molar-refractivity contribution in [1.29, 1.82) is 0 Å². The van der Waals surface area contributed by atoms with Crippen molar-refractivity contribution in [2.24, 2.45) is 5.73 Å². The lowest BCUT2D eigenvalue weighted by molar-refractivity contribution is -0.123. The molecule has 1 aromatic rings. The number of amides is 1. The summed E-state index contributed by atoms with van der Waals surface area (Å²) in [6, 6.07) is 7.68. The third kappa shape index (κ3) is 2.40. The third-order valence-corrected chi connectivity index (χ3v) is 2.71. The Morgan fingerprint density at radius 2 is 2.19 bits per heavy atom. The predicted octanol–water partition coefficient (Wildman–Crippen LogP) is 1.05. The summed E-state index contributed by atoms with van der Waals surface area (Å²) in [5.74, 6) is -0.0555. The molecule has 16 heavy (non-hydrogen) atoms. The van der Waals surface area contributed by atoms with Crippen molar-refractivity contribution in [3.63, 3.8) is 0 Å². The average molecular weight is 220 g/mol. The molecular formula is C12H16N2O2. The molecule has 1 heterocycles. The number of hydrogen-bond acceptors (Lipinski definition) is 3. The Balaban J connectivity index is 1.95. The maximum Gasteiger partial charge on any atom is 0.226 e. The Morgan fingerprint density at radius 3 is 2.75 bits per heavy atom. The van der Waals surface area contributed by atoms with Gasteiger partial charge in [0.15, 0.2) is 0 Å². The van der Waals surface area contributed by atoms with Gasteiger partial charge in [-0.1, -0.05) is 18.2 Å². The average Bonchev–Trinajstić information content (AvgIpc) is 2.19. The smallest absolute Gasteiger partial charge is 0.226 e. The minimum atomic E-state index is -0.466. The first-order chi connectivity index (χ1) is 7.59. The van der Waals surface area contributed by atoms with Crippen molar-refractivity contribution < 1.29 is 9.53 Å². The van der Waals surface area contributed by atoms with Crippen LogP contribution in [-0.2, 0) is 9.53 Å². The lowest BCUT2D eigenvalue weighted by atomic mass is 9.94. The highest BCUT2D eigenvalue weighted by atomic mass is 16.5. The van der Waals surface area contributed by atoms with Gasteiger partial charge in [-0.3, -0.25) is 4.79 Å². The number of rotatable bonds is 3. The molecule has 1 amide bonds. The second-order valence-electron chi connectivity index (χ2n) is 4.40. The number of aryl methyl sites for hydroxylation is 1. The van der Waals surface area contributed by atoms with Crippen LogP contribution in [0.5, 0.6) is 0 Å². The Labute approximate surface area is 94.8 Å². The molecule has 1 aliphatic heterocycles. The van der Waals surface area contributed by atoms with Gasteiger partial charge in [0.25, 0.3) is 0 Å². The summed E-state index contributed by atoms with van der Waals surface area (Å²) in [7, 11) is 0. The van der Waals surface area contributed by atoms with Crippen LogP contribution in [0.15, 0.2) is 24.3 Å². The van der Waals surface area contributed by atoms with E-state index in [1.807, 2.05) is 31.2 Å². The fourth-order valence-corrected chi connectivity index (χ4v) is 1.69. The second-order valence-corrected chi connectivity index (χ2v) is 4.40. The molecule has 0 unspecified atom stereocenters. The molecule has 4 heteroatoms.